The van der Waals surface area contributed by atoms with E-state index in [-0.39, 0.29) is 11.7 Å². The number of hydrogen-bond donors (Lipinski definition) is 1. The number of hydrogen-bond acceptors (Lipinski definition) is 5. The smallest absolute Gasteiger partial charge is 0.313 e. The van der Waals surface area contributed by atoms with E-state index >= 15 is 0 Å². The third-order valence-electron chi connectivity index (χ3n) is 3.31. The molecular formula is C14H23N3O3S. The van der Waals surface area contributed by atoms with Gasteiger partial charge in [0.1, 0.15) is 5.82 Å². The largest absolute Gasteiger partial charge is 0.481 e. The Hall–Kier alpha value is -1.08. The normalized spacial score (nSPS) is 14.8. The summed E-state index contributed by atoms with van der Waals surface area (Å²) in [5.41, 5.74) is 0. The average Bonchev–Trinajstić information content (AvgIpc) is 3.15. The standard InChI is InChI=1S/C14H23N3O3S/c1-10(2)13-15-16-14(21-9-12(18)19)17(13)6-3-7-20-8-11-4-5-11/h10-11H,3-9H2,1-2H3,(H,18,19). The molecule has 2 rings (SSSR count). The molecule has 0 radical (unpaired) electrons. The number of thioether (sulfide) groups is 1. The molecular weight excluding hydrogens is 290 g/mol. The Labute approximate surface area is 129 Å². The summed E-state index contributed by atoms with van der Waals surface area (Å²) in [5, 5.41) is 17.8. The molecule has 1 aromatic heterocycles. The van der Waals surface area contributed by atoms with E-state index < -0.39 is 5.97 Å². The lowest BCUT2D eigenvalue weighted by Crippen LogP contribution is -2.10. The zero-order valence-electron chi connectivity index (χ0n) is 12.6. The van der Waals surface area contributed by atoms with Crippen molar-refractivity contribution in [1.29, 1.82) is 0 Å². The summed E-state index contributed by atoms with van der Waals surface area (Å²) < 4.78 is 7.67. The number of aliphatic carboxylic acids is 1. The lowest BCUT2D eigenvalue weighted by Gasteiger charge is -2.11. The topological polar surface area (TPSA) is 77.2 Å². The monoisotopic (exact) mass is 313 g/mol. The Kier molecular flexibility index (Phi) is 6.05. The molecule has 1 aliphatic carbocycles. The predicted molar refractivity (Wildman–Crippen MR) is 80.6 cm³/mol. The molecule has 0 spiro atoms. The van der Waals surface area contributed by atoms with Gasteiger partial charge in [0.15, 0.2) is 5.16 Å². The van der Waals surface area contributed by atoms with E-state index in [1.165, 1.54) is 24.6 Å². The fourth-order valence-corrected chi connectivity index (χ4v) is 2.72. The fraction of sp³-hybridized carbons (Fsp3) is 0.786. The first-order valence-corrected chi connectivity index (χ1v) is 8.42. The lowest BCUT2D eigenvalue weighted by molar-refractivity contribution is -0.133. The number of carboxylic acid groups (broad SMARTS) is 1. The van der Waals surface area contributed by atoms with Crippen molar-refractivity contribution < 1.29 is 14.6 Å². The highest BCUT2D eigenvalue weighted by molar-refractivity contribution is 7.99. The first-order valence-electron chi connectivity index (χ1n) is 7.43. The second-order valence-corrected chi connectivity index (χ2v) is 6.64. The van der Waals surface area contributed by atoms with Crippen molar-refractivity contribution in [2.75, 3.05) is 19.0 Å². The van der Waals surface area contributed by atoms with Gasteiger partial charge in [-0.25, -0.2) is 0 Å². The minimum absolute atomic E-state index is 0.00834. The van der Waals surface area contributed by atoms with Crippen LogP contribution in [0.25, 0.3) is 0 Å². The van der Waals surface area contributed by atoms with E-state index in [0.717, 1.165) is 37.9 Å². The van der Waals surface area contributed by atoms with Crippen molar-refractivity contribution >= 4 is 17.7 Å². The van der Waals surface area contributed by atoms with Crippen LogP contribution in [0.4, 0.5) is 0 Å². The van der Waals surface area contributed by atoms with Crippen LogP contribution < -0.4 is 0 Å². The Bertz CT molecular complexity index is 472. The zero-order valence-corrected chi connectivity index (χ0v) is 13.4. The molecule has 1 aromatic rings. The van der Waals surface area contributed by atoms with Crippen LogP contribution in [0.5, 0.6) is 0 Å². The summed E-state index contributed by atoms with van der Waals surface area (Å²) in [7, 11) is 0. The molecule has 0 atom stereocenters. The van der Waals surface area contributed by atoms with Gasteiger partial charge in [0, 0.05) is 25.7 Å². The van der Waals surface area contributed by atoms with Crippen molar-refractivity contribution in [2.24, 2.45) is 5.92 Å². The van der Waals surface area contributed by atoms with E-state index in [1.807, 2.05) is 4.57 Å². The molecule has 0 amide bonds. The van der Waals surface area contributed by atoms with Crippen LogP contribution in [0.1, 0.15) is 44.9 Å². The molecule has 6 nitrogen and oxygen atoms in total. The highest BCUT2D eigenvalue weighted by Gasteiger charge is 2.21. The SMILES string of the molecule is CC(C)c1nnc(SCC(=O)O)n1CCCOCC1CC1. The van der Waals surface area contributed by atoms with E-state index in [1.54, 1.807) is 0 Å². The lowest BCUT2D eigenvalue weighted by atomic mass is 10.2. The average molecular weight is 313 g/mol. The van der Waals surface area contributed by atoms with Crippen molar-refractivity contribution in [3.8, 4) is 0 Å². The molecule has 0 saturated heterocycles. The maximum absolute atomic E-state index is 10.7. The van der Waals surface area contributed by atoms with Crippen molar-refractivity contribution in [2.45, 2.75) is 50.7 Å². The molecule has 0 aliphatic heterocycles. The first-order chi connectivity index (χ1) is 10.1. The van der Waals surface area contributed by atoms with Gasteiger partial charge in [0.25, 0.3) is 0 Å². The molecule has 1 N–H and O–H groups in total. The third kappa shape index (κ3) is 5.32. The second-order valence-electron chi connectivity index (χ2n) is 5.70. The Morgan fingerprint density at radius 3 is 2.86 bits per heavy atom. The molecule has 1 saturated carbocycles. The molecule has 1 fully saturated rings. The first kappa shape index (κ1) is 16.3. The van der Waals surface area contributed by atoms with Crippen molar-refractivity contribution in [1.82, 2.24) is 14.8 Å². The number of rotatable bonds is 10. The number of ether oxygens (including phenoxy) is 1. The van der Waals surface area contributed by atoms with E-state index in [4.69, 9.17) is 9.84 Å². The van der Waals surface area contributed by atoms with Gasteiger partial charge in [-0.1, -0.05) is 25.6 Å². The molecule has 1 heterocycles. The fourth-order valence-electron chi connectivity index (χ4n) is 2.03. The van der Waals surface area contributed by atoms with Crippen LogP contribution in [-0.2, 0) is 16.1 Å². The van der Waals surface area contributed by atoms with Crippen molar-refractivity contribution in [3.63, 3.8) is 0 Å². The van der Waals surface area contributed by atoms with Gasteiger partial charge in [-0.2, -0.15) is 0 Å². The number of nitrogens with zero attached hydrogens (tertiary/aromatic N) is 3. The van der Waals surface area contributed by atoms with Gasteiger partial charge in [-0.05, 0) is 25.2 Å². The van der Waals surface area contributed by atoms with Crippen LogP contribution in [0.2, 0.25) is 0 Å². The van der Waals surface area contributed by atoms with Gasteiger partial charge in [0.05, 0.1) is 5.75 Å². The molecule has 0 bridgehead atoms. The van der Waals surface area contributed by atoms with E-state index in [2.05, 4.69) is 24.0 Å². The highest BCUT2D eigenvalue weighted by Crippen LogP contribution is 2.28. The number of aromatic nitrogens is 3. The minimum Gasteiger partial charge on any atom is -0.481 e. The maximum Gasteiger partial charge on any atom is 0.313 e. The van der Waals surface area contributed by atoms with E-state index in [9.17, 15) is 4.79 Å². The van der Waals surface area contributed by atoms with Crippen LogP contribution in [0.3, 0.4) is 0 Å². The Balaban J connectivity index is 1.86. The van der Waals surface area contributed by atoms with Gasteiger partial charge in [-0.15, -0.1) is 10.2 Å². The summed E-state index contributed by atoms with van der Waals surface area (Å²) in [6.07, 6.45) is 3.50. The molecule has 1 aliphatic rings. The number of carboxylic acids is 1. The second kappa shape index (κ2) is 7.79. The van der Waals surface area contributed by atoms with Crippen molar-refractivity contribution in [3.05, 3.63) is 5.82 Å². The summed E-state index contributed by atoms with van der Waals surface area (Å²) in [5.74, 6) is 1.13. The molecule has 21 heavy (non-hydrogen) atoms. The molecule has 0 aromatic carbocycles. The van der Waals surface area contributed by atoms with Crippen LogP contribution in [0.15, 0.2) is 5.16 Å². The van der Waals surface area contributed by atoms with Gasteiger partial charge in [0.2, 0.25) is 0 Å². The maximum atomic E-state index is 10.7. The summed E-state index contributed by atoms with van der Waals surface area (Å²) in [6.45, 7) is 6.51. The molecule has 7 heteroatoms. The highest BCUT2D eigenvalue weighted by atomic mass is 32.2. The summed E-state index contributed by atoms with van der Waals surface area (Å²) >= 11 is 1.22. The third-order valence-corrected chi connectivity index (χ3v) is 4.26. The number of carbonyl (C=O) groups is 1. The Morgan fingerprint density at radius 2 is 2.24 bits per heavy atom. The van der Waals surface area contributed by atoms with E-state index in [0.29, 0.717) is 5.16 Å². The quantitative estimate of drug-likeness (QED) is 0.528. The predicted octanol–water partition coefficient (Wildman–Crippen LogP) is 2.39. The van der Waals surface area contributed by atoms with Crippen LogP contribution in [0, 0.1) is 5.92 Å². The Morgan fingerprint density at radius 1 is 1.48 bits per heavy atom. The van der Waals surface area contributed by atoms with Gasteiger partial charge < -0.3 is 14.4 Å². The zero-order chi connectivity index (χ0) is 15.2. The van der Waals surface area contributed by atoms with Crippen LogP contribution >= 0.6 is 11.8 Å². The summed E-state index contributed by atoms with van der Waals surface area (Å²) in [4.78, 5) is 10.7. The molecule has 0 unspecified atom stereocenters. The summed E-state index contributed by atoms with van der Waals surface area (Å²) in [6, 6.07) is 0. The molecule has 118 valence electrons. The minimum atomic E-state index is -0.839. The van der Waals surface area contributed by atoms with Gasteiger partial charge >= 0.3 is 5.97 Å². The van der Waals surface area contributed by atoms with Gasteiger partial charge in [-0.3, -0.25) is 4.79 Å². The van der Waals surface area contributed by atoms with Crippen LogP contribution in [-0.4, -0.2) is 44.8 Å².